The zero-order valence-corrected chi connectivity index (χ0v) is 14.5. The molecule has 2 aromatic heterocycles. The Kier molecular flexibility index (Phi) is 4.16. The quantitative estimate of drug-likeness (QED) is 0.713. The second-order valence-corrected chi connectivity index (χ2v) is 6.35. The van der Waals surface area contributed by atoms with Gasteiger partial charge in [0.2, 0.25) is 5.91 Å². The molecule has 0 spiro atoms. The molecule has 3 aromatic rings. The fraction of sp³-hybridized carbons (Fsp3) is 0.250. The van der Waals surface area contributed by atoms with Crippen LogP contribution in [0, 0.1) is 0 Å². The van der Waals surface area contributed by atoms with E-state index in [0.717, 1.165) is 10.9 Å². The molecule has 0 aliphatic carbocycles. The molecule has 1 saturated heterocycles. The number of fused-ring (bicyclic) bond motifs is 1. The van der Waals surface area contributed by atoms with Gasteiger partial charge in [0.15, 0.2) is 5.76 Å². The number of aromatic nitrogens is 1. The van der Waals surface area contributed by atoms with Crippen molar-refractivity contribution in [1.29, 1.82) is 0 Å². The fourth-order valence-electron chi connectivity index (χ4n) is 3.30. The molecule has 0 saturated carbocycles. The summed E-state index contributed by atoms with van der Waals surface area (Å²) in [5, 5.41) is 0.821. The van der Waals surface area contributed by atoms with Crippen molar-refractivity contribution in [2.75, 3.05) is 26.2 Å². The summed E-state index contributed by atoms with van der Waals surface area (Å²) in [4.78, 5) is 32.9. The van der Waals surface area contributed by atoms with E-state index in [2.05, 4.69) is 4.98 Å². The van der Waals surface area contributed by atoms with E-state index >= 15 is 0 Å². The number of hydrogen-bond acceptors (Lipinski definition) is 4. The molecule has 0 unspecified atom stereocenters. The molecule has 1 aromatic carbocycles. The van der Waals surface area contributed by atoms with Crippen molar-refractivity contribution in [3.8, 4) is 11.5 Å². The Hall–Kier alpha value is -3.15. The van der Waals surface area contributed by atoms with E-state index < -0.39 is 0 Å². The number of pyridine rings is 1. The molecule has 1 fully saturated rings. The maximum absolute atomic E-state index is 13.2. The van der Waals surface area contributed by atoms with Gasteiger partial charge in [0.05, 0.1) is 17.3 Å². The minimum absolute atomic E-state index is 0.0420. The van der Waals surface area contributed by atoms with Crippen LogP contribution < -0.4 is 0 Å². The number of carbonyl (C=O) groups is 2. The molecule has 4 rings (SSSR count). The molecule has 0 radical (unpaired) electrons. The Morgan fingerprint density at radius 3 is 2.42 bits per heavy atom. The number of piperazine rings is 1. The second-order valence-electron chi connectivity index (χ2n) is 6.35. The smallest absolute Gasteiger partial charge is 0.254 e. The van der Waals surface area contributed by atoms with E-state index in [0.29, 0.717) is 43.2 Å². The average molecular weight is 349 g/mol. The molecule has 1 aliphatic heterocycles. The van der Waals surface area contributed by atoms with Gasteiger partial charge < -0.3 is 14.2 Å². The topological polar surface area (TPSA) is 66.7 Å². The predicted octanol–water partition coefficient (Wildman–Crippen LogP) is 2.80. The summed E-state index contributed by atoms with van der Waals surface area (Å²) in [5.74, 6) is 0.636. The van der Waals surface area contributed by atoms with Crippen molar-refractivity contribution >= 4 is 22.7 Å². The van der Waals surface area contributed by atoms with E-state index in [-0.39, 0.29) is 11.8 Å². The van der Waals surface area contributed by atoms with Gasteiger partial charge in [0, 0.05) is 38.5 Å². The van der Waals surface area contributed by atoms with Crippen LogP contribution in [0.25, 0.3) is 22.4 Å². The van der Waals surface area contributed by atoms with Gasteiger partial charge in [-0.3, -0.25) is 9.59 Å². The molecule has 0 N–H and O–H groups in total. The molecular weight excluding hydrogens is 330 g/mol. The molecule has 3 heterocycles. The number of hydrogen-bond donors (Lipinski definition) is 0. The van der Waals surface area contributed by atoms with Gasteiger partial charge in [-0.2, -0.15) is 0 Å². The monoisotopic (exact) mass is 349 g/mol. The largest absolute Gasteiger partial charge is 0.463 e. The molecule has 132 valence electrons. The number of nitrogens with zero attached hydrogens (tertiary/aromatic N) is 3. The summed E-state index contributed by atoms with van der Waals surface area (Å²) in [6.45, 7) is 3.75. The lowest BCUT2D eigenvalue weighted by Gasteiger charge is -2.34. The van der Waals surface area contributed by atoms with Crippen LogP contribution in [0.5, 0.6) is 0 Å². The van der Waals surface area contributed by atoms with Gasteiger partial charge in [-0.1, -0.05) is 18.2 Å². The van der Waals surface area contributed by atoms with E-state index in [1.165, 1.54) is 0 Å². The maximum Gasteiger partial charge on any atom is 0.254 e. The fourth-order valence-corrected chi connectivity index (χ4v) is 3.30. The molecule has 0 atom stereocenters. The summed E-state index contributed by atoms with van der Waals surface area (Å²) in [6.07, 6.45) is 1.59. The van der Waals surface area contributed by atoms with Gasteiger partial charge in [0.25, 0.3) is 5.91 Å². The number of benzene rings is 1. The number of amides is 2. The van der Waals surface area contributed by atoms with Crippen molar-refractivity contribution in [2.24, 2.45) is 0 Å². The lowest BCUT2D eigenvalue weighted by atomic mass is 10.0. The lowest BCUT2D eigenvalue weighted by molar-refractivity contribution is -0.130. The number of carbonyl (C=O) groups excluding carboxylic acids is 2. The Bertz CT molecular complexity index is 958. The zero-order valence-electron chi connectivity index (χ0n) is 14.5. The highest BCUT2D eigenvalue weighted by atomic mass is 16.3. The van der Waals surface area contributed by atoms with Gasteiger partial charge >= 0.3 is 0 Å². The van der Waals surface area contributed by atoms with Gasteiger partial charge in [-0.25, -0.2) is 4.98 Å². The first-order chi connectivity index (χ1) is 12.6. The van der Waals surface area contributed by atoms with Gasteiger partial charge in [-0.05, 0) is 24.3 Å². The van der Waals surface area contributed by atoms with Crippen molar-refractivity contribution in [3.63, 3.8) is 0 Å². The Balaban J connectivity index is 1.71. The number of para-hydroxylation sites is 1. The molecule has 1 aliphatic rings. The predicted molar refractivity (Wildman–Crippen MR) is 97.6 cm³/mol. The lowest BCUT2D eigenvalue weighted by Crippen LogP contribution is -2.50. The van der Waals surface area contributed by atoms with Crippen LogP contribution in [0.3, 0.4) is 0 Å². The van der Waals surface area contributed by atoms with Crippen molar-refractivity contribution in [3.05, 3.63) is 54.3 Å². The van der Waals surface area contributed by atoms with Crippen LogP contribution in [0.4, 0.5) is 0 Å². The SMILES string of the molecule is CC(=O)N1CCN(C(=O)c2cc(-c3ccco3)nc3ccccc23)CC1. The molecule has 6 nitrogen and oxygen atoms in total. The van der Waals surface area contributed by atoms with Crippen molar-refractivity contribution < 1.29 is 14.0 Å². The van der Waals surface area contributed by atoms with Crippen LogP contribution in [-0.4, -0.2) is 52.8 Å². The first-order valence-electron chi connectivity index (χ1n) is 8.62. The first-order valence-corrected chi connectivity index (χ1v) is 8.62. The number of rotatable bonds is 2. The molecular formula is C20H19N3O3. The highest BCUT2D eigenvalue weighted by Crippen LogP contribution is 2.26. The summed E-state index contributed by atoms with van der Waals surface area (Å²) in [6, 6.07) is 13.0. The molecule has 6 heteroatoms. The van der Waals surface area contributed by atoms with Crippen LogP contribution in [0.15, 0.2) is 53.1 Å². The van der Waals surface area contributed by atoms with Crippen molar-refractivity contribution in [1.82, 2.24) is 14.8 Å². The van der Waals surface area contributed by atoms with Crippen LogP contribution >= 0.6 is 0 Å². The standard InChI is InChI=1S/C20H19N3O3/c1-14(24)22-8-10-23(11-9-22)20(25)16-13-18(19-7-4-12-26-19)21-17-6-3-2-5-15(16)17/h2-7,12-13H,8-11H2,1H3. The molecule has 0 bridgehead atoms. The molecule has 26 heavy (non-hydrogen) atoms. The van der Waals surface area contributed by atoms with E-state index in [1.54, 1.807) is 35.1 Å². The first kappa shape index (κ1) is 16.3. The third-order valence-electron chi connectivity index (χ3n) is 4.73. The Morgan fingerprint density at radius 1 is 1.00 bits per heavy atom. The van der Waals surface area contributed by atoms with E-state index in [1.807, 2.05) is 30.3 Å². The summed E-state index contributed by atoms with van der Waals surface area (Å²) in [7, 11) is 0. The van der Waals surface area contributed by atoms with Gasteiger partial charge in [0.1, 0.15) is 5.69 Å². The maximum atomic E-state index is 13.2. The third kappa shape index (κ3) is 2.94. The zero-order chi connectivity index (χ0) is 18.1. The van der Waals surface area contributed by atoms with Crippen LogP contribution in [-0.2, 0) is 4.79 Å². The van der Waals surface area contributed by atoms with E-state index in [9.17, 15) is 9.59 Å². The highest BCUT2D eigenvalue weighted by molar-refractivity contribution is 6.07. The minimum Gasteiger partial charge on any atom is -0.463 e. The third-order valence-corrected chi connectivity index (χ3v) is 4.73. The van der Waals surface area contributed by atoms with Crippen LogP contribution in [0.2, 0.25) is 0 Å². The van der Waals surface area contributed by atoms with Gasteiger partial charge in [-0.15, -0.1) is 0 Å². The average Bonchev–Trinajstić information content (AvgIpc) is 3.21. The molecule has 2 amide bonds. The summed E-state index contributed by atoms with van der Waals surface area (Å²) >= 11 is 0. The second kappa shape index (κ2) is 6.63. The highest BCUT2D eigenvalue weighted by Gasteiger charge is 2.25. The Labute approximate surface area is 151 Å². The summed E-state index contributed by atoms with van der Waals surface area (Å²) < 4.78 is 5.46. The number of furan rings is 1. The van der Waals surface area contributed by atoms with E-state index in [4.69, 9.17) is 4.42 Å². The summed E-state index contributed by atoms with van der Waals surface area (Å²) in [5.41, 5.74) is 2.00. The normalized spacial score (nSPS) is 14.7. The van der Waals surface area contributed by atoms with Crippen LogP contribution in [0.1, 0.15) is 17.3 Å². The minimum atomic E-state index is -0.0420. The Morgan fingerprint density at radius 2 is 1.73 bits per heavy atom. The van der Waals surface area contributed by atoms with Crippen molar-refractivity contribution in [2.45, 2.75) is 6.92 Å².